The summed E-state index contributed by atoms with van der Waals surface area (Å²) in [5.74, 6) is -0.677. The third-order valence-corrected chi connectivity index (χ3v) is 3.22. The summed E-state index contributed by atoms with van der Waals surface area (Å²) < 4.78 is 41.4. The van der Waals surface area contributed by atoms with Gasteiger partial charge in [-0.25, -0.2) is 4.98 Å². The van der Waals surface area contributed by atoms with Crippen LogP contribution in [0.3, 0.4) is 0 Å². The molecule has 0 radical (unpaired) electrons. The Morgan fingerprint density at radius 1 is 1.21 bits per heavy atom. The number of pyridine rings is 1. The zero-order chi connectivity index (χ0) is 17.7. The molecule has 0 atom stereocenters. The van der Waals surface area contributed by atoms with Gasteiger partial charge in [0.15, 0.2) is 6.61 Å². The molecule has 2 aromatic rings. The van der Waals surface area contributed by atoms with E-state index < -0.39 is 18.7 Å². The summed E-state index contributed by atoms with van der Waals surface area (Å²) in [7, 11) is 0. The molecular weight excluding hydrogens is 368 g/mol. The largest absolute Gasteiger partial charge is 0.468 e. The van der Waals surface area contributed by atoms with Gasteiger partial charge in [0.1, 0.15) is 0 Å². The van der Waals surface area contributed by atoms with Crippen molar-refractivity contribution in [1.82, 2.24) is 10.3 Å². The van der Waals surface area contributed by atoms with Gasteiger partial charge in [-0.3, -0.25) is 4.79 Å². The summed E-state index contributed by atoms with van der Waals surface area (Å²) >= 11 is 11.6. The van der Waals surface area contributed by atoms with Crippen LogP contribution in [0.15, 0.2) is 36.5 Å². The minimum absolute atomic E-state index is 0.0655. The Morgan fingerprint density at radius 3 is 2.50 bits per heavy atom. The van der Waals surface area contributed by atoms with Crippen molar-refractivity contribution in [2.24, 2.45) is 0 Å². The first kappa shape index (κ1) is 18.4. The fourth-order valence-electron chi connectivity index (χ4n) is 1.80. The smallest absolute Gasteiger partial charge is 0.422 e. The van der Waals surface area contributed by atoms with E-state index >= 15 is 0 Å². The summed E-state index contributed by atoms with van der Waals surface area (Å²) in [4.78, 5) is 15.8. The Labute approximate surface area is 145 Å². The topological polar surface area (TPSA) is 51.2 Å². The first-order valence-electron chi connectivity index (χ1n) is 6.62. The van der Waals surface area contributed by atoms with Crippen LogP contribution in [0.2, 0.25) is 10.0 Å². The molecule has 0 aliphatic heterocycles. The number of benzene rings is 1. The number of hydrogen-bond acceptors (Lipinski definition) is 3. The third kappa shape index (κ3) is 5.58. The van der Waals surface area contributed by atoms with Gasteiger partial charge < -0.3 is 10.1 Å². The lowest BCUT2D eigenvalue weighted by atomic mass is 10.2. The van der Waals surface area contributed by atoms with Crippen molar-refractivity contribution in [2.45, 2.75) is 12.7 Å². The van der Waals surface area contributed by atoms with Crippen LogP contribution in [-0.4, -0.2) is 23.7 Å². The highest BCUT2D eigenvalue weighted by Crippen LogP contribution is 2.21. The molecule has 0 aliphatic carbocycles. The molecule has 0 unspecified atom stereocenters. The lowest BCUT2D eigenvalue weighted by molar-refractivity contribution is -0.154. The Morgan fingerprint density at radius 2 is 1.88 bits per heavy atom. The van der Waals surface area contributed by atoms with E-state index in [0.717, 1.165) is 0 Å². The Kier molecular flexibility index (Phi) is 5.90. The zero-order valence-electron chi connectivity index (χ0n) is 12.0. The molecule has 0 bridgehead atoms. The number of nitrogens with one attached hydrogen (secondary N) is 1. The van der Waals surface area contributed by atoms with Crippen molar-refractivity contribution in [3.8, 4) is 5.88 Å². The van der Waals surface area contributed by atoms with Gasteiger partial charge in [0.25, 0.3) is 5.91 Å². The molecule has 4 nitrogen and oxygen atoms in total. The molecule has 24 heavy (non-hydrogen) atoms. The number of amides is 1. The number of ether oxygens (including phenoxy) is 1. The minimum Gasteiger partial charge on any atom is -0.468 e. The Balaban J connectivity index is 2.05. The van der Waals surface area contributed by atoms with E-state index in [1.807, 2.05) is 0 Å². The summed E-state index contributed by atoms with van der Waals surface area (Å²) in [5.41, 5.74) is 0.539. The van der Waals surface area contributed by atoms with E-state index in [4.69, 9.17) is 23.2 Å². The molecule has 9 heteroatoms. The molecule has 0 spiro atoms. The van der Waals surface area contributed by atoms with Crippen LogP contribution in [0.25, 0.3) is 0 Å². The lowest BCUT2D eigenvalue weighted by Gasteiger charge is -2.12. The van der Waals surface area contributed by atoms with Crippen LogP contribution < -0.4 is 10.1 Å². The van der Waals surface area contributed by atoms with Gasteiger partial charge >= 0.3 is 6.18 Å². The molecular formula is C15H11Cl2F3N2O2. The summed E-state index contributed by atoms with van der Waals surface area (Å²) in [6, 6.07) is 7.35. The number of halogens is 5. The SMILES string of the molecule is O=C(NCc1cccnc1OCC(F)(F)F)c1cc(Cl)cc(Cl)c1. The van der Waals surface area contributed by atoms with E-state index in [1.54, 1.807) is 0 Å². The number of alkyl halides is 3. The maximum Gasteiger partial charge on any atom is 0.422 e. The monoisotopic (exact) mass is 378 g/mol. The van der Waals surface area contributed by atoms with Crippen LogP contribution in [0.5, 0.6) is 5.88 Å². The van der Waals surface area contributed by atoms with E-state index in [0.29, 0.717) is 15.6 Å². The maximum atomic E-state index is 12.2. The highest BCUT2D eigenvalue weighted by molar-refractivity contribution is 6.35. The van der Waals surface area contributed by atoms with Gasteiger partial charge in [0, 0.05) is 33.9 Å². The maximum absolute atomic E-state index is 12.2. The van der Waals surface area contributed by atoms with Crippen molar-refractivity contribution >= 4 is 29.1 Å². The van der Waals surface area contributed by atoms with Crippen molar-refractivity contribution in [2.75, 3.05) is 6.61 Å². The second-order valence-electron chi connectivity index (χ2n) is 4.71. The second kappa shape index (κ2) is 7.72. The molecule has 2 rings (SSSR count). The zero-order valence-corrected chi connectivity index (χ0v) is 13.5. The first-order valence-corrected chi connectivity index (χ1v) is 7.38. The molecule has 1 aromatic heterocycles. The Bertz CT molecular complexity index is 719. The predicted octanol–water partition coefficient (Wildman–Crippen LogP) is 4.26. The van der Waals surface area contributed by atoms with Gasteiger partial charge in [0.2, 0.25) is 5.88 Å². The van der Waals surface area contributed by atoms with Gasteiger partial charge in [-0.2, -0.15) is 13.2 Å². The van der Waals surface area contributed by atoms with Crippen molar-refractivity contribution < 1.29 is 22.7 Å². The molecule has 1 amide bonds. The van der Waals surface area contributed by atoms with E-state index in [1.165, 1.54) is 36.5 Å². The fraction of sp³-hybridized carbons (Fsp3) is 0.200. The predicted molar refractivity (Wildman–Crippen MR) is 83.4 cm³/mol. The van der Waals surface area contributed by atoms with Crippen molar-refractivity contribution in [3.05, 3.63) is 57.7 Å². The highest BCUT2D eigenvalue weighted by Gasteiger charge is 2.29. The number of hydrogen-bond donors (Lipinski definition) is 1. The Hall–Kier alpha value is -1.99. The molecule has 1 N–H and O–H groups in total. The highest BCUT2D eigenvalue weighted by atomic mass is 35.5. The van der Waals surface area contributed by atoms with E-state index in [-0.39, 0.29) is 18.0 Å². The van der Waals surface area contributed by atoms with Crippen LogP contribution in [0.1, 0.15) is 15.9 Å². The summed E-state index contributed by atoms with van der Waals surface area (Å²) in [6.07, 6.45) is -3.18. The van der Waals surface area contributed by atoms with Crippen LogP contribution >= 0.6 is 23.2 Å². The normalized spacial score (nSPS) is 11.2. The molecule has 1 aromatic carbocycles. The standard InChI is InChI=1S/C15H11Cl2F3N2O2/c16-11-4-10(5-12(17)6-11)13(23)22-7-9-2-1-3-21-14(9)24-8-15(18,19)20/h1-6H,7-8H2,(H,22,23). The number of aromatic nitrogens is 1. The first-order chi connectivity index (χ1) is 11.2. The summed E-state index contributed by atoms with van der Waals surface area (Å²) in [6.45, 7) is -1.53. The van der Waals surface area contributed by atoms with Gasteiger partial charge in [0.05, 0.1) is 0 Å². The molecule has 0 saturated heterocycles. The van der Waals surface area contributed by atoms with Crippen molar-refractivity contribution in [1.29, 1.82) is 0 Å². The number of rotatable bonds is 5. The van der Waals surface area contributed by atoms with Gasteiger partial charge in [-0.05, 0) is 24.3 Å². The quantitative estimate of drug-likeness (QED) is 0.845. The van der Waals surface area contributed by atoms with Gasteiger partial charge in [-0.15, -0.1) is 0 Å². The molecule has 0 fully saturated rings. The average Bonchev–Trinajstić information content (AvgIpc) is 2.49. The van der Waals surface area contributed by atoms with Crippen LogP contribution in [0, 0.1) is 0 Å². The molecule has 0 saturated carbocycles. The van der Waals surface area contributed by atoms with Crippen LogP contribution in [0.4, 0.5) is 13.2 Å². The van der Waals surface area contributed by atoms with Crippen molar-refractivity contribution in [3.63, 3.8) is 0 Å². The average molecular weight is 379 g/mol. The minimum atomic E-state index is -4.48. The van der Waals surface area contributed by atoms with Crippen LogP contribution in [-0.2, 0) is 6.54 Å². The van der Waals surface area contributed by atoms with E-state index in [2.05, 4.69) is 15.0 Å². The molecule has 0 aliphatic rings. The number of nitrogens with zero attached hydrogens (tertiary/aromatic N) is 1. The van der Waals surface area contributed by atoms with Gasteiger partial charge in [-0.1, -0.05) is 29.3 Å². The second-order valence-corrected chi connectivity index (χ2v) is 5.59. The van der Waals surface area contributed by atoms with E-state index in [9.17, 15) is 18.0 Å². The molecule has 128 valence electrons. The lowest BCUT2D eigenvalue weighted by Crippen LogP contribution is -2.24. The third-order valence-electron chi connectivity index (χ3n) is 2.79. The summed E-state index contributed by atoms with van der Waals surface area (Å²) in [5, 5.41) is 3.14. The fourth-order valence-corrected chi connectivity index (χ4v) is 2.33. The number of carbonyl (C=O) groups excluding carboxylic acids is 1. The molecule has 1 heterocycles. The number of carbonyl (C=O) groups is 1.